The Kier molecular flexibility index (Phi) is 5.76. The van der Waals surface area contributed by atoms with Crippen LogP contribution in [0.25, 0.3) is 0 Å². The topological polar surface area (TPSA) is 46.6 Å². The zero-order chi connectivity index (χ0) is 17.6. The molecule has 0 fully saturated rings. The molecule has 0 unspecified atom stereocenters. The maximum atomic E-state index is 12.5. The van der Waals surface area contributed by atoms with Crippen molar-refractivity contribution in [3.8, 4) is 0 Å². The fraction of sp³-hybridized carbons (Fsp3) is 0.300. The second kappa shape index (κ2) is 8.21. The molecule has 1 aliphatic rings. The van der Waals surface area contributed by atoms with Crippen LogP contribution in [0.2, 0.25) is 0 Å². The first-order valence-electron chi connectivity index (χ1n) is 8.32. The van der Waals surface area contributed by atoms with E-state index in [0.29, 0.717) is 12.0 Å². The Labute approximate surface area is 152 Å². The third-order valence-corrected chi connectivity index (χ3v) is 5.30. The van der Waals surface area contributed by atoms with Gasteiger partial charge in [-0.2, -0.15) is 11.8 Å². The molecule has 3 rings (SSSR count). The Morgan fingerprint density at radius 3 is 2.84 bits per heavy atom. The number of nitrogens with zero attached hydrogens (tertiary/aromatic N) is 1. The number of benzene rings is 2. The molecule has 0 aliphatic carbocycles. The van der Waals surface area contributed by atoms with Crippen LogP contribution in [-0.2, 0) is 21.7 Å². The van der Waals surface area contributed by atoms with Gasteiger partial charge in [-0.15, -0.1) is 0 Å². The van der Waals surface area contributed by atoms with Gasteiger partial charge in [-0.05, 0) is 35.7 Å². The predicted octanol–water partition coefficient (Wildman–Crippen LogP) is 3.69. The Morgan fingerprint density at radius 1 is 1.16 bits per heavy atom. The van der Waals surface area contributed by atoms with Crippen LogP contribution >= 0.6 is 11.8 Å². The van der Waals surface area contributed by atoms with Crippen LogP contribution in [0, 0.1) is 0 Å². The van der Waals surface area contributed by atoms with Gasteiger partial charge in [-0.3, -0.25) is 4.79 Å². The molecule has 0 N–H and O–H groups in total. The lowest BCUT2D eigenvalue weighted by Crippen LogP contribution is -2.29. The first kappa shape index (κ1) is 17.5. The van der Waals surface area contributed by atoms with Crippen molar-refractivity contribution in [3.63, 3.8) is 0 Å². The van der Waals surface area contributed by atoms with E-state index in [9.17, 15) is 9.59 Å². The van der Waals surface area contributed by atoms with E-state index in [0.717, 1.165) is 35.7 Å². The van der Waals surface area contributed by atoms with Gasteiger partial charge < -0.3 is 9.64 Å². The first-order chi connectivity index (χ1) is 12.2. The largest absolute Gasteiger partial charge is 0.465 e. The third-order valence-electron chi connectivity index (χ3n) is 4.27. The molecule has 0 radical (unpaired) electrons. The fourth-order valence-electron chi connectivity index (χ4n) is 2.99. The standard InChI is InChI=1S/C20H21NO3S/c1-24-20(23)17-7-4-5-15(13-17)14-25-12-10-19(22)21-11-9-16-6-2-3-8-18(16)21/h2-8,13H,9-12,14H2,1H3. The van der Waals surface area contributed by atoms with Crippen molar-refractivity contribution in [3.05, 3.63) is 65.2 Å². The van der Waals surface area contributed by atoms with Crippen LogP contribution < -0.4 is 4.90 Å². The predicted molar refractivity (Wildman–Crippen MR) is 101 cm³/mol. The molecular weight excluding hydrogens is 334 g/mol. The van der Waals surface area contributed by atoms with Crippen LogP contribution in [0.3, 0.4) is 0 Å². The van der Waals surface area contributed by atoms with Gasteiger partial charge in [0.15, 0.2) is 0 Å². The quantitative estimate of drug-likeness (QED) is 0.586. The van der Waals surface area contributed by atoms with E-state index in [-0.39, 0.29) is 11.9 Å². The summed E-state index contributed by atoms with van der Waals surface area (Å²) in [5, 5.41) is 0. The van der Waals surface area contributed by atoms with Crippen molar-refractivity contribution in [1.82, 2.24) is 0 Å². The van der Waals surface area contributed by atoms with Crippen LogP contribution in [0.4, 0.5) is 5.69 Å². The number of hydrogen-bond donors (Lipinski definition) is 0. The van der Waals surface area contributed by atoms with E-state index in [2.05, 4.69) is 6.07 Å². The van der Waals surface area contributed by atoms with Crippen molar-refractivity contribution in [2.45, 2.75) is 18.6 Å². The second-order valence-corrected chi connectivity index (χ2v) is 7.02. The zero-order valence-electron chi connectivity index (χ0n) is 14.2. The molecule has 2 aromatic carbocycles. The molecule has 0 saturated heterocycles. The number of carbonyl (C=O) groups is 2. The van der Waals surface area contributed by atoms with Crippen molar-refractivity contribution in [2.75, 3.05) is 24.3 Å². The van der Waals surface area contributed by atoms with Crippen LogP contribution in [-0.4, -0.2) is 31.3 Å². The molecule has 1 heterocycles. The molecule has 4 nitrogen and oxygen atoms in total. The molecule has 0 aromatic heterocycles. The number of thioether (sulfide) groups is 1. The van der Waals surface area contributed by atoms with Gasteiger partial charge in [0.2, 0.25) is 5.91 Å². The van der Waals surface area contributed by atoms with E-state index in [1.807, 2.05) is 41.3 Å². The minimum atomic E-state index is -0.324. The number of fused-ring (bicyclic) bond motifs is 1. The number of esters is 1. The Balaban J connectivity index is 1.48. The molecule has 5 heteroatoms. The number of ether oxygens (including phenoxy) is 1. The van der Waals surface area contributed by atoms with E-state index >= 15 is 0 Å². The highest BCUT2D eigenvalue weighted by atomic mass is 32.2. The van der Waals surface area contributed by atoms with E-state index in [4.69, 9.17) is 4.74 Å². The van der Waals surface area contributed by atoms with Gasteiger partial charge >= 0.3 is 5.97 Å². The number of rotatable bonds is 6. The molecule has 0 spiro atoms. The molecule has 0 saturated carbocycles. The fourth-order valence-corrected chi connectivity index (χ4v) is 3.87. The molecule has 1 amide bonds. The Morgan fingerprint density at radius 2 is 2.00 bits per heavy atom. The summed E-state index contributed by atoms with van der Waals surface area (Å²) >= 11 is 1.70. The molecule has 2 aromatic rings. The zero-order valence-corrected chi connectivity index (χ0v) is 15.1. The second-order valence-electron chi connectivity index (χ2n) is 5.92. The first-order valence-corrected chi connectivity index (χ1v) is 9.48. The number of anilines is 1. The maximum Gasteiger partial charge on any atom is 0.337 e. The van der Waals surface area contributed by atoms with Gasteiger partial charge in [0, 0.05) is 30.2 Å². The van der Waals surface area contributed by atoms with Gasteiger partial charge in [0.1, 0.15) is 0 Å². The lowest BCUT2D eigenvalue weighted by Gasteiger charge is -2.17. The highest BCUT2D eigenvalue weighted by molar-refractivity contribution is 7.98. The summed E-state index contributed by atoms with van der Waals surface area (Å²) in [6.45, 7) is 0.782. The van der Waals surface area contributed by atoms with Crippen molar-refractivity contribution in [2.24, 2.45) is 0 Å². The Bertz CT molecular complexity index is 775. The average Bonchev–Trinajstić information content (AvgIpc) is 3.09. The van der Waals surface area contributed by atoms with Crippen molar-refractivity contribution >= 4 is 29.3 Å². The number of amides is 1. The number of methoxy groups -OCH3 is 1. The minimum Gasteiger partial charge on any atom is -0.465 e. The number of para-hydroxylation sites is 1. The molecule has 130 valence electrons. The molecular formula is C20H21NO3S. The van der Waals surface area contributed by atoms with Crippen molar-refractivity contribution in [1.29, 1.82) is 0 Å². The average molecular weight is 355 g/mol. The SMILES string of the molecule is COC(=O)c1cccc(CSCCC(=O)N2CCc3ccccc32)c1. The van der Waals surface area contributed by atoms with E-state index < -0.39 is 0 Å². The summed E-state index contributed by atoms with van der Waals surface area (Å²) in [6.07, 6.45) is 1.46. The normalized spacial score (nSPS) is 12.8. The summed E-state index contributed by atoms with van der Waals surface area (Å²) in [5.41, 5.74) is 3.93. The molecule has 25 heavy (non-hydrogen) atoms. The van der Waals surface area contributed by atoms with Crippen LogP contribution in [0.5, 0.6) is 0 Å². The van der Waals surface area contributed by atoms with Gasteiger partial charge in [0.05, 0.1) is 12.7 Å². The highest BCUT2D eigenvalue weighted by Crippen LogP contribution is 2.28. The molecule has 0 bridgehead atoms. The number of hydrogen-bond acceptors (Lipinski definition) is 4. The monoisotopic (exact) mass is 355 g/mol. The van der Waals surface area contributed by atoms with E-state index in [1.165, 1.54) is 12.7 Å². The highest BCUT2D eigenvalue weighted by Gasteiger charge is 2.23. The van der Waals surface area contributed by atoms with E-state index in [1.54, 1.807) is 17.8 Å². The molecule has 1 aliphatic heterocycles. The van der Waals surface area contributed by atoms with Crippen LogP contribution in [0.1, 0.15) is 27.9 Å². The molecule has 0 atom stereocenters. The lowest BCUT2D eigenvalue weighted by atomic mass is 10.1. The Hall–Kier alpha value is -2.27. The van der Waals surface area contributed by atoms with Gasteiger partial charge in [-0.25, -0.2) is 4.79 Å². The summed E-state index contributed by atoms with van der Waals surface area (Å²) in [5.74, 6) is 1.39. The maximum absolute atomic E-state index is 12.5. The minimum absolute atomic E-state index is 0.181. The summed E-state index contributed by atoms with van der Waals surface area (Å²) in [6, 6.07) is 15.5. The summed E-state index contributed by atoms with van der Waals surface area (Å²) in [4.78, 5) is 25.9. The number of carbonyl (C=O) groups excluding carboxylic acids is 2. The summed E-state index contributed by atoms with van der Waals surface area (Å²) < 4.78 is 4.74. The van der Waals surface area contributed by atoms with Gasteiger partial charge in [-0.1, -0.05) is 30.3 Å². The van der Waals surface area contributed by atoms with Crippen molar-refractivity contribution < 1.29 is 14.3 Å². The third kappa shape index (κ3) is 4.23. The van der Waals surface area contributed by atoms with Gasteiger partial charge in [0.25, 0.3) is 0 Å². The summed E-state index contributed by atoms with van der Waals surface area (Å²) in [7, 11) is 1.38. The lowest BCUT2D eigenvalue weighted by molar-refractivity contribution is -0.118. The smallest absolute Gasteiger partial charge is 0.337 e. The van der Waals surface area contributed by atoms with Crippen LogP contribution in [0.15, 0.2) is 48.5 Å².